The maximum Gasteiger partial charge on any atom is 0.241 e. The summed E-state index contributed by atoms with van der Waals surface area (Å²) >= 11 is 10.5. The van der Waals surface area contributed by atoms with Crippen LogP contribution in [0.15, 0.2) is 29.2 Å². The molecule has 1 N–H and O–H groups in total. The van der Waals surface area contributed by atoms with Gasteiger partial charge in [-0.25, -0.2) is 8.42 Å². The number of carbonyl (C=O) groups is 2. The molecule has 9 heteroatoms. The van der Waals surface area contributed by atoms with Crippen molar-refractivity contribution < 1.29 is 22.7 Å². The van der Waals surface area contributed by atoms with Crippen LogP contribution in [0.25, 0.3) is 0 Å². The van der Waals surface area contributed by atoms with Crippen LogP contribution in [0.1, 0.15) is 12.8 Å². The summed E-state index contributed by atoms with van der Waals surface area (Å²) in [6.45, 7) is 0. The van der Waals surface area contributed by atoms with Crippen molar-refractivity contribution in [3.63, 3.8) is 0 Å². The molecule has 0 bridgehead atoms. The van der Waals surface area contributed by atoms with Gasteiger partial charge < -0.3 is 4.74 Å². The molecule has 0 aliphatic rings. The van der Waals surface area contributed by atoms with Crippen LogP contribution in [0.4, 0.5) is 0 Å². The fraction of sp³-hybridized carbons (Fsp3) is 0.333. The third-order valence-corrected chi connectivity index (χ3v) is 4.51. The van der Waals surface area contributed by atoms with Gasteiger partial charge in [0.05, 0.1) is 18.0 Å². The fourth-order valence-electron chi connectivity index (χ4n) is 1.49. The van der Waals surface area contributed by atoms with E-state index in [4.69, 9.17) is 27.9 Å². The monoisotopic (exact) mass is 353 g/mol. The summed E-state index contributed by atoms with van der Waals surface area (Å²) < 4.78 is 31.3. The smallest absolute Gasteiger partial charge is 0.241 e. The van der Waals surface area contributed by atoms with Gasteiger partial charge in [-0.15, -0.1) is 0 Å². The first-order valence-corrected chi connectivity index (χ1v) is 8.04. The Bertz CT molecular complexity index is 615. The van der Waals surface area contributed by atoms with E-state index in [9.17, 15) is 18.0 Å². The molecule has 1 rings (SSSR count). The Morgan fingerprint density at radius 3 is 2.24 bits per heavy atom. The Morgan fingerprint density at radius 2 is 1.81 bits per heavy atom. The Labute approximate surface area is 132 Å². The Hall–Kier alpha value is -1.15. The quantitative estimate of drug-likeness (QED) is 0.717. The third-order valence-electron chi connectivity index (χ3n) is 2.57. The maximum absolute atomic E-state index is 12.1. The molecule has 21 heavy (non-hydrogen) atoms. The Kier molecular flexibility index (Phi) is 6.60. The molecule has 0 saturated carbocycles. The predicted molar refractivity (Wildman–Crippen MR) is 78.1 cm³/mol. The topological polar surface area (TPSA) is 89.5 Å². The van der Waals surface area contributed by atoms with Crippen molar-refractivity contribution in [3.05, 3.63) is 24.3 Å². The molecule has 0 unspecified atom stereocenters. The molecule has 0 saturated heterocycles. The van der Waals surface area contributed by atoms with Crippen LogP contribution >= 0.6 is 23.2 Å². The van der Waals surface area contributed by atoms with E-state index in [1.54, 1.807) is 0 Å². The lowest BCUT2D eigenvalue weighted by molar-refractivity contribution is -0.114. The lowest BCUT2D eigenvalue weighted by atomic mass is 10.2. The third kappa shape index (κ3) is 5.62. The number of ether oxygens (including phenoxy) is 1. The van der Waals surface area contributed by atoms with E-state index < -0.39 is 26.5 Å². The molecule has 0 radical (unpaired) electrons. The van der Waals surface area contributed by atoms with Gasteiger partial charge in [-0.3, -0.25) is 9.59 Å². The molecule has 0 aliphatic carbocycles. The van der Waals surface area contributed by atoms with Gasteiger partial charge in [0.25, 0.3) is 0 Å². The van der Waals surface area contributed by atoms with Gasteiger partial charge in [0, 0.05) is 6.42 Å². The van der Waals surface area contributed by atoms with Gasteiger partial charge in [-0.2, -0.15) is 4.72 Å². The van der Waals surface area contributed by atoms with E-state index in [0.717, 1.165) is 0 Å². The summed E-state index contributed by atoms with van der Waals surface area (Å²) in [7, 11) is -2.49. The highest BCUT2D eigenvalue weighted by Gasteiger charge is 2.25. The van der Waals surface area contributed by atoms with E-state index in [-0.39, 0.29) is 17.7 Å². The van der Waals surface area contributed by atoms with Gasteiger partial charge in [-0.05, 0) is 53.9 Å². The van der Waals surface area contributed by atoms with Crippen molar-refractivity contribution in [1.29, 1.82) is 0 Å². The van der Waals surface area contributed by atoms with Crippen molar-refractivity contribution in [2.45, 2.75) is 23.8 Å². The Morgan fingerprint density at radius 1 is 1.24 bits per heavy atom. The minimum atomic E-state index is -3.94. The van der Waals surface area contributed by atoms with Gasteiger partial charge in [0.15, 0.2) is 0 Å². The average molecular weight is 354 g/mol. The van der Waals surface area contributed by atoms with Crippen LogP contribution in [0.5, 0.6) is 5.75 Å². The van der Waals surface area contributed by atoms with Crippen molar-refractivity contribution in [1.82, 2.24) is 4.72 Å². The molecular weight excluding hydrogens is 341 g/mol. The van der Waals surface area contributed by atoms with E-state index in [1.165, 1.54) is 31.4 Å². The second kappa shape index (κ2) is 7.74. The molecule has 0 amide bonds. The standard InChI is InChI=1S/C12H13Cl2NO5S/c1-20-8-2-4-9(5-3-8)21(18,19)15-10(12(14)17)6-7-11(13)16/h2-5,10,15H,6-7H2,1H3/t10-/m0/s1. The van der Waals surface area contributed by atoms with E-state index in [2.05, 4.69) is 4.72 Å². The summed E-state index contributed by atoms with van der Waals surface area (Å²) in [4.78, 5) is 21.9. The van der Waals surface area contributed by atoms with E-state index in [0.29, 0.717) is 5.75 Å². The van der Waals surface area contributed by atoms with Crippen LogP contribution in [0.3, 0.4) is 0 Å². The number of halogens is 2. The molecule has 0 fully saturated rings. The lowest BCUT2D eigenvalue weighted by Gasteiger charge is -2.14. The van der Waals surface area contributed by atoms with Crippen LogP contribution in [-0.4, -0.2) is 32.1 Å². The minimum absolute atomic E-state index is 0.0524. The highest BCUT2D eigenvalue weighted by atomic mass is 35.5. The van der Waals surface area contributed by atoms with Crippen molar-refractivity contribution in [2.75, 3.05) is 7.11 Å². The highest BCUT2D eigenvalue weighted by molar-refractivity contribution is 7.89. The summed E-state index contributed by atoms with van der Waals surface area (Å²) in [6, 6.07) is 4.36. The molecule has 0 aromatic heterocycles. The van der Waals surface area contributed by atoms with Crippen LogP contribution in [0, 0.1) is 0 Å². The zero-order chi connectivity index (χ0) is 16.0. The van der Waals surface area contributed by atoms with Gasteiger partial charge in [0.2, 0.25) is 20.5 Å². The molecule has 116 valence electrons. The van der Waals surface area contributed by atoms with Gasteiger partial charge in [0.1, 0.15) is 5.75 Å². The minimum Gasteiger partial charge on any atom is -0.497 e. The molecule has 0 heterocycles. The van der Waals surface area contributed by atoms with Crippen molar-refractivity contribution >= 4 is 43.7 Å². The molecule has 0 aliphatic heterocycles. The number of benzene rings is 1. The predicted octanol–water partition coefficient (Wildman–Crippen LogP) is 1.65. The molecule has 1 atom stereocenters. The number of nitrogens with one attached hydrogen (secondary N) is 1. The molecule has 1 aromatic rings. The Balaban J connectivity index is 2.89. The SMILES string of the molecule is COc1ccc(S(=O)(=O)N[C@@H](CCC(=O)Cl)C(=O)Cl)cc1. The molecule has 0 spiro atoms. The van der Waals surface area contributed by atoms with Crippen molar-refractivity contribution in [3.8, 4) is 5.75 Å². The number of hydrogen-bond donors (Lipinski definition) is 1. The zero-order valence-electron chi connectivity index (χ0n) is 11.0. The number of methoxy groups -OCH3 is 1. The summed E-state index contributed by atoms with van der Waals surface area (Å²) in [5.41, 5.74) is 0. The largest absolute Gasteiger partial charge is 0.497 e. The number of carbonyl (C=O) groups excluding carboxylic acids is 2. The number of hydrogen-bond acceptors (Lipinski definition) is 5. The highest BCUT2D eigenvalue weighted by Crippen LogP contribution is 2.16. The number of sulfonamides is 1. The second-order valence-electron chi connectivity index (χ2n) is 4.05. The lowest BCUT2D eigenvalue weighted by Crippen LogP contribution is -2.39. The fourth-order valence-corrected chi connectivity index (χ4v) is 3.05. The van der Waals surface area contributed by atoms with Crippen LogP contribution in [-0.2, 0) is 19.6 Å². The summed E-state index contributed by atoms with van der Waals surface area (Å²) in [6.07, 6.45) is -0.282. The molecule has 6 nitrogen and oxygen atoms in total. The normalized spacial score (nSPS) is 12.7. The summed E-state index contributed by atoms with van der Waals surface area (Å²) in [5.74, 6) is 0.492. The average Bonchev–Trinajstić information content (AvgIpc) is 2.43. The summed E-state index contributed by atoms with van der Waals surface area (Å²) in [5, 5.41) is -1.59. The zero-order valence-corrected chi connectivity index (χ0v) is 13.3. The number of rotatable bonds is 8. The van der Waals surface area contributed by atoms with E-state index >= 15 is 0 Å². The molecular formula is C12H13Cl2NO5S. The first-order valence-electron chi connectivity index (χ1n) is 5.80. The van der Waals surface area contributed by atoms with Crippen molar-refractivity contribution in [2.24, 2.45) is 0 Å². The molecule has 1 aromatic carbocycles. The first-order chi connectivity index (χ1) is 9.76. The van der Waals surface area contributed by atoms with Crippen LogP contribution in [0.2, 0.25) is 0 Å². The second-order valence-corrected chi connectivity index (χ2v) is 6.56. The van der Waals surface area contributed by atoms with Gasteiger partial charge >= 0.3 is 0 Å². The maximum atomic E-state index is 12.1. The first kappa shape index (κ1) is 17.9. The van der Waals surface area contributed by atoms with Crippen LogP contribution < -0.4 is 9.46 Å². The van der Waals surface area contributed by atoms with Gasteiger partial charge in [-0.1, -0.05) is 0 Å². The van der Waals surface area contributed by atoms with E-state index in [1.807, 2.05) is 0 Å².